The molecule has 4 aliphatic heterocycles. The van der Waals surface area contributed by atoms with Gasteiger partial charge in [0.2, 0.25) is 11.8 Å². The van der Waals surface area contributed by atoms with Crippen molar-refractivity contribution in [1.82, 2.24) is 10.6 Å². The Morgan fingerprint density at radius 3 is 1.64 bits per heavy atom. The highest BCUT2D eigenvalue weighted by Crippen LogP contribution is 2.34. The predicted molar refractivity (Wildman–Crippen MR) is 191 cm³/mol. The minimum Gasteiger partial charge on any atom is -0.394 e. The van der Waals surface area contributed by atoms with Crippen molar-refractivity contribution in [2.75, 3.05) is 33.0 Å². The van der Waals surface area contributed by atoms with E-state index in [2.05, 4.69) is 10.6 Å². The van der Waals surface area contributed by atoms with Gasteiger partial charge in [-0.3, -0.25) is 9.59 Å². The van der Waals surface area contributed by atoms with Crippen molar-refractivity contribution < 1.29 is 124 Å². The van der Waals surface area contributed by atoms with Crippen LogP contribution in [0.3, 0.4) is 0 Å². The van der Waals surface area contributed by atoms with Gasteiger partial charge >= 0.3 is 0 Å². The lowest BCUT2D eigenvalue weighted by atomic mass is 9.95. The van der Waals surface area contributed by atoms with E-state index in [0.717, 1.165) is 13.8 Å². The first kappa shape index (κ1) is 51.7. The first-order valence-corrected chi connectivity index (χ1v) is 19.4. The highest BCUT2D eigenvalue weighted by atomic mass is 16.8. The topological polar surface area (TPSA) is 435 Å². The van der Waals surface area contributed by atoms with Crippen LogP contribution in [0.4, 0.5) is 0 Å². The summed E-state index contributed by atoms with van der Waals surface area (Å²) in [5.41, 5.74) is 0. The van der Waals surface area contributed by atoms with Gasteiger partial charge in [0.25, 0.3) is 0 Å². The average Bonchev–Trinajstić information content (AvgIpc) is 3.22. The third-order valence-corrected chi connectivity index (χ3v) is 10.7. The molecular formula is C34H60N2O25. The summed E-state index contributed by atoms with van der Waals surface area (Å²) in [5, 5.41) is 163. The molecule has 0 saturated carbocycles. The van der Waals surface area contributed by atoms with Gasteiger partial charge in [-0.15, -0.1) is 0 Å². The second kappa shape index (κ2) is 22.8. The molecule has 0 bridgehead atoms. The molecule has 0 aromatic carbocycles. The maximum Gasteiger partial charge on any atom is 0.217 e. The zero-order valence-corrected chi connectivity index (χ0v) is 33.2. The zero-order chi connectivity index (χ0) is 45.6. The summed E-state index contributed by atoms with van der Waals surface area (Å²) in [6.45, 7) is -1.31. The van der Waals surface area contributed by atoms with Crippen molar-refractivity contribution >= 4 is 11.8 Å². The summed E-state index contributed by atoms with van der Waals surface area (Å²) in [4.78, 5) is 24.1. The summed E-state index contributed by atoms with van der Waals surface area (Å²) in [7, 11) is 0. The largest absolute Gasteiger partial charge is 0.394 e. The summed E-state index contributed by atoms with van der Waals surface area (Å²) in [6, 6.07) is -3.12. The molecule has 4 heterocycles. The Kier molecular flexibility index (Phi) is 19.3. The van der Waals surface area contributed by atoms with Gasteiger partial charge in [0.15, 0.2) is 25.2 Å². The molecule has 0 aliphatic carbocycles. The van der Waals surface area contributed by atoms with Crippen LogP contribution in [0.5, 0.6) is 0 Å². The molecule has 0 radical (unpaired) electrons. The van der Waals surface area contributed by atoms with Gasteiger partial charge in [-0.25, -0.2) is 0 Å². The van der Waals surface area contributed by atoms with E-state index >= 15 is 0 Å². The Hall–Kier alpha value is -1.98. The molecule has 2 amide bonds. The van der Waals surface area contributed by atoms with Crippen LogP contribution in [0.2, 0.25) is 0 Å². The molecule has 4 aliphatic rings. The SMILES string of the molecule is CC(=O)N[C@H]1[C@H](OC[C@@H](O)[C@H](O)[C@H](O[C@@H]2O[C@H](CO)[C@H](O[C@H]3O[C@H](CO)[C@H](O)[C@H](O)[C@H]3O)[C@H](O)[C@H]2O[C@@H]2O[C@@H](C)[C@@H](O)[C@@H](O)[C@@H]2O)[C@H](CO)NC(C)=O)O[C@H](CO)[C@@H](O)[C@@H]1O. The number of rotatable bonds is 18. The maximum absolute atomic E-state index is 12.2. The van der Waals surface area contributed by atoms with E-state index in [9.17, 15) is 86.2 Å². The molecule has 27 heteroatoms. The van der Waals surface area contributed by atoms with E-state index in [-0.39, 0.29) is 0 Å². The van der Waals surface area contributed by atoms with Gasteiger partial charge in [-0.2, -0.15) is 0 Å². The van der Waals surface area contributed by atoms with Crippen LogP contribution in [0, 0.1) is 0 Å². The van der Waals surface area contributed by atoms with Crippen LogP contribution in [-0.2, 0) is 47.5 Å². The molecule has 61 heavy (non-hydrogen) atoms. The minimum atomic E-state index is -2.25. The number of aliphatic hydroxyl groups is 15. The number of ether oxygens (including phenoxy) is 8. The lowest BCUT2D eigenvalue weighted by Gasteiger charge is -2.49. The molecule has 4 saturated heterocycles. The summed E-state index contributed by atoms with van der Waals surface area (Å²) in [6.07, 6.45) is -40.7. The third-order valence-electron chi connectivity index (χ3n) is 10.7. The Labute approximate surface area is 347 Å². The highest BCUT2D eigenvalue weighted by molar-refractivity contribution is 5.73. The Balaban J connectivity index is 1.67. The van der Waals surface area contributed by atoms with Gasteiger partial charge in [0.05, 0.1) is 45.2 Å². The first-order chi connectivity index (χ1) is 28.7. The van der Waals surface area contributed by atoms with Crippen molar-refractivity contribution in [3.05, 3.63) is 0 Å². The Bertz CT molecular complexity index is 1370. The maximum atomic E-state index is 12.2. The van der Waals surface area contributed by atoms with E-state index in [4.69, 9.17) is 37.9 Å². The molecule has 27 nitrogen and oxygen atoms in total. The van der Waals surface area contributed by atoms with Gasteiger partial charge in [-0.1, -0.05) is 0 Å². The lowest BCUT2D eigenvalue weighted by Crippen LogP contribution is -2.68. The standard InChI is InChI=1S/C34H60N2O25/c1-9-18(44)23(49)25(51)32(55-9)61-30-27(53)29(60-33-26(52)24(50)21(47)15(6-39)57-33)16(7-40)58-34(30)59-28(12(4-37)35-10(2)41)19(45)13(43)8-54-31-17(36-11(3)42)22(48)20(46)14(5-38)56-31/h9,12-34,37-40,43-53H,4-8H2,1-3H3,(H,35,41)(H,36,42)/t9-,12-,13+,14+,15+,16+,17+,18+,19-,20+,21-,22+,23+,24-,25-,26+,27-,28+,29-,30+,31+,32-,33+,34-/m0/s1. The zero-order valence-electron chi connectivity index (χ0n) is 33.2. The molecule has 17 N–H and O–H groups in total. The van der Waals surface area contributed by atoms with Gasteiger partial charge < -0.3 is 125 Å². The van der Waals surface area contributed by atoms with Crippen LogP contribution in [0.15, 0.2) is 0 Å². The molecular weight excluding hydrogens is 836 g/mol. The fraction of sp³-hybridized carbons (Fsp3) is 0.941. The van der Waals surface area contributed by atoms with E-state index in [0.29, 0.717) is 0 Å². The van der Waals surface area contributed by atoms with Crippen molar-refractivity contribution in [2.24, 2.45) is 0 Å². The second-order valence-electron chi connectivity index (χ2n) is 15.2. The predicted octanol–water partition coefficient (Wildman–Crippen LogP) is -11.0. The van der Waals surface area contributed by atoms with Crippen molar-refractivity contribution in [3.8, 4) is 0 Å². The number of nitrogens with one attached hydrogen (secondary N) is 2. The molecule has 0 unspecified atom stereocenters. The van der Waals surface area contributed by atoms with Gasteiger partial charge in [0, 0.05) is 13.8 Å². The smallest absolute Gasteiger partial charge is 0.217 e. The van der Waals surface area contributed by atoms with Crippen molar-refractivity contribution in [3.63, 3.8) is 0 Å². The molecule has 0 aromatic rings. The normalized spacial score (nSPS) is 44.1. The van der Waals surface area contributed by atoms with E-state index < -0.39 is 192 Å². The fourth-order valence-electron chi connectivity index (χ4n) is 7.26. The number of aliphatic hydroxyl groups excluding tert-OH is 15. The summed E-state index contributed by atoms with van der Waals surface area (Å²) >= 11 is 0. The van der Waals surface area contributed by atoms with Crippen LogP contribution < -0.4 is 10.6 Å². The van der Waals surface area contributed by atoms with Crippen LogP contribution in [-0.4, -0.2) is 269 Å². The van der Waals surface area contributed by atoms with Gasteiger partial charge in [0.1, 0.15) is 110 Å². The first-order valence-electron chi connectivity index (χ1n) is 19.4. The van der Waals surface area contributed by atoms with Crippen molar-refractivity contribution in [2.45, 2.75) is 168 Å². The lowest BCUT2D eigenvalue weighted by molar-refractivity contribution is -0.392. The van der Waals surface area contributed by atoms with E-state index in [1.54, 1.807) is 0 Å². The number of carbonyl (C=O) groups is 2. The number of hydrogen-bond acceptors (Lipinski definition) is 25. The molecule has 4 rings (SSSR count). The van der Waals surface area contributed by atoms with Gasteiger partial charge in [-0.05, 0) is 6.92 Å². The monoisotopic (exact) mass is 896 g/mol. The number of amides is 2. The minimum absolute atomic E-state index is 0.703. The van der Waals surface area contributed by atoms with Crippen molar-refractivity contribution in [1.29, 1.82) is 0 Å². The van der Waals surface area contributed by atoms with E-state index in [1.807, 2.05) is 0 Å². The van der Waals surface area contributed by atoms with Crippen LogP contribution >= 0.6 is 0 Å². The third kappa shape index (κ3) is 12.0. The highest BCUT2D eigenvalue weighted by Gasteiger charge is 2.55. The average molecular weight is 897 g/mol. The molecule has 4 fully saturated rings. The Morgan fingerprint density at radius 1 is 0.590 bits per heavy atom. The Morgan fingerprint density at radius 2 is 1.10 bits per heavy atom. The second-order valence-corrected chi connectivity index (χ2v) is 15.2. The molecule has 356 valence electrons. The molecule has 24 atom stereocenters. The number of hydrogen-bond donors (Lipinski definition) is 17. The fourth-order valence-corrected chi connectivity index (χ4v) is 7.26. The van der Waals surface area contributed by atoms with E-state index in [1.165, 1.54) is 6.92 Å². The van der Waals surface area contributed by atoms with Crippen LogP contribution in [0.1, 0.15) is 20.8 Å². The van der Waals surface area contributed by atoms with Crippen LogP contribution in [0.25, 0.3) is 0 Å². The quantitative estimate of drug-likeness (QED) is 0.0607. The summed E-state index contributed by atoms with van der Waals surface area (Å²) < 4.78 is 45.4. The number of carbonyl (C=O) groups excluding carboxylic acids is 2. The molecule has 0 spiro atoms. The molecule has 0 aromatic heterocycles. The summed E-state index contributed by atoms with van der Waals surface area (Å²) in [5.74, 6) is -1.51.